The summed E-state index contributed by atoms with van der Waals surface area (Å²) < 4.78 is 0. The number of nitrogens with one attached hydrogen (secondary N) is 1. The van der Waals surface area contributed by atoms with Gasteiger partial charge in [0.25, 0.3) is 5.91 Å². The number of hydrogen-bond donors (Lipinski definition) is 1. The van der Waals surface area contributed by atoms with E-state index in [1.54, 1.807) is 19.2 Å². The number of amidine groups is 1. The van der Waals surface area contributed by atoms with Crippen molar-refractivity contribution in [1.82, 2.24) is 15.1 Å². The zero-order chi connectivity index (χ0) is 18.7. The van der Waals surface area contributed by atoms with E-state index >= 15 is 0 Å². The first kappa shape index (κ1) is 18.2. The minimum absolute atomic E-state index is 0.00645. The molecule has 1 fully saturated rings. The summed E-state index contributed by atoms with van der Waals surface area (Å²) in [4.78, 5) is 44.4. The Hall–Kier alpha value is -2.61. The Morgan fingerprint density at radius 2 is 2.04 bits per heavy atom. The summed E-state index contributed by atoms with van der Waals surface area (Å²) in [5.74, 6) is -0.155. The van der Waals surface area contributed by atoms with Crippen molar-refractivity contribution in [2.45, 2.75) is 19.1 Å². The van der Waals surface area contributed by atoms with E-state index in [0.29, 0.717) is 17.3 Å². The normalized spacial score (nSPS) is 22.5. The number of carbonyl (C=O) groups excluding carboxylic acids is 3. The lowest BCUT2D eigenvalue weighted by Crippen LogP contribution is -2.63. The van der Waals surface area contributed by atoms with Gasteiger partial charge >= 0.3 is 6.03 Å². The van der Waals surface area contributed by atoms with Gasteiger partial charge in [-0.3, -0.25) is 14.9 Å². The third-order valence-electron chi connectivity index (χ3n) is 4.29. The smallest absolute Gasteiger partial charge is 0.325 e. The average molecular weight is 372 g/mol. The van der Waals surface area contributed by atoms with Crippen LogP contribution in [0.3, 0.4) is 0 Å². The van der Waals surface area contributed by atoms with Gasteiger partial charge < -0.3 is 9.80 Å². The van der Waals surface area contributed by atoms with Crippen molar-refractivity contribution in [3.8, 4) is 0 Å². The molecule has 3 rings (SSSR count). The van der Waals surface area contributed by atoms with E-state index in [1.165, 1.54) is 16.7 Å². The van der Waals surface area contributed by atoms with Crippen LogP contribution in [-0.2, 0) is 4.79 Å². The van der Waals surface area contributed by atoms with E-state index in [2.05, 4.69) is 10.3 Å². The number of urea groups is 1. The maximum absolute atomic E-state index is 12.4. The molecule has 0 saturated carbocycles. The fourth-order valence-electron chi connectivity index (χ4n) is 2.87. The number of aliphatic imine (C=N–C) groups is 1. The van der Waals surface area contributed by atoms with Gasteiger partial charge in [0.2, 0.25) is 0 Å². The lowest BCUT2D eigenvalue weighted by molar-refractivity contribution is -0.126. The number of carbonyl (C=O) groups is 3. The number of benzene rings is 1. The third kappa shape index (κ3) is 3.50. The second-order valence-electron chi connectivity index (χ2n) is 5.97. The molecule has 1 saturated heterocycles. The lowest BCUT2D eigenvalue weighted by atomic mass is 10.1. The van der Waals surface area contributed by atoms with Crippen LogP contribution in [-0.4, -0.2) is 64.2 Å². The monoisotopic (exact) mass is 372 g/mol. The highest BCUT2D eigenvalue weighted by Crippen LogP contribution is 2.28. The number of rotatable bonds is 5. The highest BCUT2D eigenvalue weighted by Gasteiger charge is 2.48. The standard InChI is InChI=1S/C18H20N4O3S/c1-3-4-10-22-14-15(21(2)17(25)20-16(14)24)19-18(22)26-11-13(23)12-8-6-5-7-9-12/h3-9,14-15H,10-11H2,1-2H3,(H,20,24,25)/b4-3+. The van der Waals surface area contributed by atoms with Gasteiger partial charge in [0.1, 0.15) is 0 Å². The van der Waals surface area contributed by atoms with Crippen molar-refractivity contribution in [3.63, 3.8) is 0 Å². The topological polar surface area (TPSA) is 82.1 Å². The van der Waals surface area contributed by atoms with Gasteiger partial charge in [-0.05, 0) is 6.92 Å². The molecular formula is C18H20N4O3S. The van der Waals surface area contributed by atoms with Crippen LogP contribution in [0.25, 0.3) is 0 Å². The minimum atomic E-state index is -0.580. The molecule has 2 heterocycles. The first-order valence-electron chi connectivity index (χ1n) is 8.27. The predicted octanol–water partition coefficient (Wildman–Crippen LogP) is 1.73. The van der Waals surface area contributed by atoms with Gasteiger partial charge in [0, 0.05) is 19.2 Å². The highest BCUT2D eigenvalue weighted by molar-refractivity contribution is 8.14. The molecule has 2 aliphatic rings. The molecule has 0 bridgehead atoms. The van der Waals surface area contributed by atoms with Crippen LogP contribution in [0.4, 0.5) is 4.79 Å². The fraction of sp³-hybridized carbons (Fsp3) is 0.333. The van der Waals surface area contributed by atoms with E-state index in [0.717, 1.165) is 0 Å². The van der Waals surface area contributed by atoms with Crippen molar-refractivity contribution in [2.24, 2.45) is 4.99 Å². The van der Waals surface area contributed by atoms with E-state index < -0.39 is 18.2 Å². The second-order valence-corrected chi connectivity index (χ2v) is 6.92. The number of hydrogen-bond acceptors (Lipinski definition) is 6. The van der Waals surface area contributed by atoms with Crippen molar-refractivity contribution >= 4 is 34.7 Å². The van der Waals surface area contributed by atoms with E-state index in [4.69, 9.17) is 0 Å². The molecule has 1 aromatic carbocycles. The summed E-state index contributed by atoms with van der Waals surface area (Å²) in [7, 11) is 1.61. The summed E-state index contributed by atoms with van der Waals surface area (Å²) in [6.45, 7) is 2.38. The maximum Gasteiger partial charge on any atom is 0.325 e. The molecule has 0 spiro atoms. The number of Topliss-reactive ketones (excluding diaryl/α,β-unsaturated/α-hetero) is 1. The molecule has 2 aliphatic heterocycles. The average Bonchev–Trinajstić information content (AvgIpc) is 3.02. The predicted molar refractivity (Wildman–Crippen MR) is 101 cm³/mol. The molecule has 2 unspecified atom stereocenters. The molecule has 8 heteroatoms. The van der Waals surface area contributed by atoms with Crippen molar-refractivity contribution in [2.75, 3.05) is 19.3 Å². The van der Waals surface area contributed by atoms with Crippen molar-refractivity contribution < 1.29 is 14.4 Å². The number of imide groups is 1. The summed E-state index contributed by atoms with van der Waals surface area (Å²) in [6, 6.07) is 8.01. The molecule has 7 nitrogen and oxygen atoms in total. The largest absolute Gasteiger partial charge is 0.332 e. The number of ketones is 1. The Morgan fingerprint density at radius 3 is 2.73 bits per heavy atom. The highest BCUT2D eigenvalue weighted by atomic mass is 32.2. The molecule has 136 valence electrons. The lowest BCUT2D eigenvalue weighted by Gasteiger charge is -2.35. The zero-order valence-corrected chi connectivity index (χ0v) is 15.4. The Kier molecular flexibility index (Phi) is 5.41. The van der Waals surface area contributed by atoms with E-state index in [-0.39, 0.29) is 17.4 Å². The van der Waals surface area contributed by atoms with Crippen LogP contribution < -0.4 is 5.32 Å². The Bertz CT molecular complexity index is 778. The SMILES string of the molecule is C/C=C/CN1C(SCC(=O)c2ccccc2)=NC2C1C(=O)NC(=O)N2C. The molecule has 2 atom stereocenters. The molecule has 0 radical (unpaired) electrons. The van der Waals surface area contributed by atoms with Gasteiger partial charge in [-0.1, -0.05) is 54.2 Å². The number of nitrogens with zero attached hydrogens (tertiary/aromatic N) is 3. The van der Waals surface area contributed by atoms with E-state index in [1.807, 2.05) is 42.2 Å². The molecular weight excluding hydrogens is 352 g/mol. The van der Waals surface area contributed by atoms with Crippen LogP contribution in [0, 0.1) is 0 Å². The molecule has 1 aromatic rings. The number of amides is 3. The molecule has 1 N–H and O–H groups in total. The number of thioether (sulfide) groups is 1. The number of allylic oxidation sites excluding steroid dienone is 1. The summed E-state index contributed by atoms with van der Waals surface area (Å²) in [6.07, 6.45) is 3.23. The summed E-state index contributed by atoms with van der Waals surface area (Å²) in [5.41, 5.74) is 0.640. The van der Waals surface area contributed by atoms with Crippen molar-refractivity contribution in [3.05, 3.63) is 48.0 Å². The zero-order valence-electron chi connectivity index (χ0n) is 14.6. The minimum Gasteiger partial charge on any atom is -0.332 e. The van der Waals surface area contributed by atoms with Crippen LogP contribution >= 0.6 is 11.8 Å². The summed E-state index contributed by atoms with van der Waals surface area (Å²) >= 11 is 1.29. The van der Waals surface area contributed by atoms with E-state index in [9.17, 15) is 14.4 Å². The van der Waals surface area contributed by atoms with Crippen LogP contribution in [0.2, 0.25) is 0 Å². The van der Waals surface area contributed by atoms with Crippen LogP contribution in [0.15, 0.2) is 47.5 Å². The Morgan fingerprint density at radius 1 is 1.31 bits per heavy atom. The Balaban J connectivity index is 1.78. The second kappa shape index (κ2) is 7.74. The Labute approximate surface area is 156 Å². The molecule has 3 amide bonds. The first-order valence-corrected chi connectivity index (χ1v) is 9.25. The summed E-state index contributed by atoms with van der Waals surface area (Å²) in [5, 5.41) is 2.95. The van der Waals surface area contributed by atoms with Gasteiger partial charge in [0.05, 0.1) is 5.75 Å². The van der Waals surface area contributed by atoms with Crippen molar-refractivity contribution in [1.29, 1.82) is 0 Å². The molecule has 0 aliphatic carbocycles. The quantitative estimate of drug-likeness (QED) is 0.629. The van der Waals surface area contributed by atoms with Crippen LogP contribution in [0.5, 0.6) is 0 Å². The number of fused-ring (bicyclic) bond motifs is 1. The first-order chi connectivity index (χ1) is 12.5. The van der Waals surface area contributed by atoms with Gasteiger partial charge in [-0.15, -0.1) is 0 Å². The molecule has 26 heavy (non-hydrogen) atoms. The molecule has 0 aromatic heterocycles. The number of likely N-dealkylation sites (N-methyl/N-ethyl adjacent to an activating group) is 1. The van der Waals surface area contributed by atoms with Gasteiger partial charge in [-0.2, -0.15) is 0 Å². The maximum atomic E-state index is 12.4. The van der Waals surface area contributed by atoms with Gasteiger partial charge in [0.15, 0.2) is 23.2 Å². The fourth-order valence-corrected chi connectivity index (χ4v) is 3.83. The van der Waals surface area contributed by atoms with Gasteiger partial charge in [-0.25, -0.2) is 9.79 Å². The third-order valence-corrected chi connectivity index (χ3v) is 5.29. The van der Waals surface area contributed by atoms with Crippen LogP contribution in [0.1, 0.15) is 17.3 Å².